The van der Waals surface area contributed by atoms with Crippen LogP contribution in [0.5, 0.6) is 0 Å². The Morgan fingerprint density at radius 2 is 1.13 bits per heavy atom. The molecule has 0 spiro atoms. The monoisotopic (exact) mass is 447 g/mol. The maximum atomic E-state index is 11.9. The van der Waals surface area contributed by atoms with Crippen molar-refractivity contribution in [2.75, 3.05) is 6.61 Å². The van der Waals surface area contributed by atoms with E-state index >= 15 is 0 Å². The molecule has 0 aliphatic heterocycles. The summed E-state index contributed by atoms with van der Waals surface area (Å²) in [6, 6.07) is -1.36. The molecular weight excluding hydrogens is 398 g/mol. The smallest absolute Gasteiger partial charge is 0.183 e. The van der Waals surface area contributed by atoms with Crippen molar-refractivity contribution in [1.82, 2.24) is 0 Å². The summed E-state index contributed by atoms with van der Waals surface area (Å²) in [6.45, 7) is 1.47. The summed E-state index contributed by atoms with van der Waals surface area (Å²) in [5.74, 6) is -0.917. The van der Waals surface area contributed by atoms with E-state index in [2.05, 4.69) is 6.92 Å². The summed E-state index contributed by atoms with van der Waals surface area (Å²) in [4.78, 5) is 11.9. The number of Topliss-reactive ketones (excluding diaryl/α,β-unsaturated/α-hetero) is 1. The van der Waals surface area contributed by atoms with Crippen LogP contribution in [0.15, 0.2) is 0 Å². The van der Waals surface area contributed by atoms with Crippen molar-refractivity contribution in [2.24, 2.45) is 5.73 Å². The van der Waals surface area contributed by atoms with Crippen molar-refractivity contribution >= 4 is 5.78 Å². The van der Waals surface area contributed by atoms with Crippen LogP contribution >= 0.6 is 0 Å². The molecule has 7 N–H and O–H groups in total. The lowest BCUT2D eigenvalue weighted by Gasteiger charge is -2.23. The Balaban J connectivity index is 3.65. The summed E-state index contributed by atoms with van der Waals surface area (Å²) in [7, 11) is 0. The van der Waals surface area contributed by atoms with E-state index in [0.717, 1.165) is 12.8 Å². The molecule has 0 aromatic heterocycles. The van der Waals surface area contributed by atoms with Crippen molar-refractivity contribution in [1.29, 1.82) is 0 Å². The number of ketones is 1. The minimum absolute atomic E-state index is 0.133. The van der Waals surface area contributed by atoms with E-state index in [4.69, 9.17) is 10.8 Å². The lowest BCUT2D eigenvalue weighted by molar-refractivity contribution is -0.138. The molecule has 31 heavy (non-hydrogen) atoms. The fraction of sp³-hybridized carbons (Fsp3) is 0.958. The van der Waals surface area contributed by atoms with Gasteiger partial charge in [0.1, 0.15) is 12.2 Å². The Kier molecular flexibility index (Phi) is 19.7. The van der Waals surface area contributed by atoms with Crippen molar-refractivity contribution in [3.8, 4) is 0 Å². The molecule has 0 radical (unpaired) electrons. The first-order valence-electron chi connectivity index (χ1n) is 12.5. The second kappa shape index (κ2) is 20.1. The van der Waals surface area contributed by atoms with E-state index in [-0.39, 0.29) is 6.42 Å². The van der Waals surface area contributed by atoms with Gasteiger partial charge in [0.25, 0.3) is 0 Å². The van der Waals surface area contributed by atoms with Crippen LogP contribution in [0, 0.1) is 0 Å². The molecule has 0 aliphatic rings. The second-order valence-corrected chi connectivity index (χ2v) is 8.95. The van der Waals surface area contributed by atoms with Crippen LogP contribution in [0.1, 0.15) is 110 Å². The molecule has 0 aromatic carbocycles. The molecule has 0 fully saturated rings. The van der Waals surface area contributed by atoms with Gasteiger partial charge in [-0.1, -0.05) is 90.4 Å². The maximum absolute atomic E-state index is 11.9. The van der Waals surface area contributed by atoms with Gasteiger partial charge < -0.3 is 31.3 Å². The first-order chi connectivity index (χ1) is 14.8. The third-order valence-electron chi connectivity index (χ3n) is 6.02. The average molecular weight is 448 g/mol. The van der Waals surface area contributed by atoms with Crippen LogP contribution in [-0.2, 0) is 4.79 Å². The number of aliphatic hydroxyl groups is 5. The molecule has 186 valence electrons. The van der Waals surface area contributed by atoms with Gasteiger partial charge in [-0.2, -0.15) is 0 Å². The summed E-state index contributed by atoms with van der Waals surface area (Å²) in [5, 5.41) is 47.7. The van der Waals surface area contributed by atoms with Gasteiger partial charge in [-0.15, -0.1) is 0 Å². The quantitative estimate of drug-likeness (QED) is 0.140. The Bertz CT molecular complexity index is 423. The Morgan fingerprint density at radius 1 is 0.677 bits per heavy atom. The topological polar surface area (TPSA) is 144 Å². The number of rotatable bonds is 22. The van der Waals surface area contributed by atoms with E-state index < -0.39 is 42.8 Å². The largest absolute Gasteiger partial charge is 0.394 e. The predicted molar refractivity (Wildman–Crippen MR) is 124 cm³/mol. The number of carbonyl (C=O) groups excluding carboxylic acids is 1. The van der Waals surface area contributed by atoms with Crippen molar-refractivity contribution in [2.45, 2.75) is 140 Å². The third-order valence-corrected chi connectivity index (χ3v) is 6.02. The van der Waals surface area contributed by atoms with Gasteiger partial charge in [0, 0.05) is 0 Å². The van der Waals surface area contributed by atoms with E-state index in [9.17, 15) is 25.2 Å². The van der Waals surface area contributed by atoms with Gasteiger partial charge in [-0.25, -0.2) is 0 Å². The van der Waals surface area contributed by atoms with Crippen LogP contribution in [0.25, 0.3) is 0 Å². The lowest BCUT2D eigenvalue weighted by atomic mass is 9.95. The Morgan fingerprint density at radius 3 is 1.58 bits per heavy atom. The fourth-order valence-corrected chi connectivity index (χ4v) is 3.76. The maximum Gasteiger partial charge on any atom is 0.183 e. The van der Waals surface area contributed by atoms with E-state index in [0.29, 0.717) is 12.8 Å². The van der Waals surface area contributed by atoms with Gasteiger partial charge in [0.2, 0.25) is 0 Å². The summed E-state index contributed by atoms with van der Waals surface area (Å²) in [6.07, 6.45) is 12.4. The minimum atomic E-state index is -1.83. The highest BCUT2D eigenvalue weighted by atomic mass is 16.4. The van der Waals surface area contributed by atoms with Gasteiger partial charge in [-0.3, -0.25) is 4.79 Å². The number of hydrogen-bond acceptors (Lipinski definition) is 7. The van der Waals surface area contributed by atoms with Gasteiger partial charge in [0.15, 0.2) is 5.78 Å². The van der Waals surface area contributed by atoms with E-state index in [1.54, 1.807) is 0 Å². The number of carbonyl (C=O) groups is 1. The molecular formula is C24H49NO6. The Labute approximate surface area is 189 Å². The zero-order valence-corrected chi connectivity index (χ0v) is 19.6. The first-order valence-corrected chi connectivity index (χ1v) is 12.5. The summed E-state index contributed by atoms with van der Waals surface area (Å²) >= 11 is 0. The molecule has 7 nitrogen and oxygen atoms in total. The molecule has 0 saturated heterocycles. The highest BCUT2D eigenvalue weighted by Crippen LogP contribution is 2.15. The molecule has 0 aliphatic carbocycles. The zero-order chi connectivity index (χ0) is 23.5. The predicted octanol–water partition coefficient (Wildman–Crippen LogP) is 2.58. The van der Waals surface area contributed by atoms with Gasteiger partial charge in [-0.05, 0) is 19.3 Å². The number of aliphatic hydroxyl groups excluding tert-OH is 5. The molecule has 2 unspecified atom stereocenters. The van der Waals surface area contributed by atoms with Gasteiger partial charge in [0.05, 0.1) is 24.9 Å². The summed E-state index contributed by atoms with van der Waals surface area (Å²) < 4.78 is 0. The van der Waals surface area contributed by atoms with Crippen LogP contribution in [0.4, 0.5) is 0 Å². The normalized spacial score (nSPS) is 16.6. The molecule has 0 heterocycles. The Hall–Kier alpha value is -0.570. The molecule has 0 bridgehead atoms. The molecule has 7 heteroatoms. The SMILES string of the molecule is CCCCCCCCCCCCCCCC(O)CCC(O)[C@H](N)C(=O)[C@H](O)[C@H](O)CO. The van der Waals surface area contributed by atoms with Crippen molar-refractivity contribution in [3.05, 3.63) is 0 Å². The van der Waals surface area contributed by atoms with Crippen LogP contribution in [-0.4, -0.2) is 68.4 Å². The highest BCUT2D eigenvalue weighted by Gasteiger charge is 2.32. The van der Waals surface area contributed by atoms with Crippen molar-refractivity contribution < 1.29 is 30.3 Å². The average Bonchev–Trinajstić information content (AvgIpc) is 2.78. The highest BCUT2D eigenvalue weighted by molar-refractivity contribution is 5.88. The van der Waals surface area contributed by atoms with Gasteiger partial charge >= 0.3 is 0 Å². The van der Waals surface area contributed by atoms with Crippen molar-refractivity contribution in [3.63, 3.8) is 0 Å². The fourth-order valence-electron chi connectivity index (χ4n) is 3.76. The van der Waals surface area contributed by atoms with E-state index in [1.165, 1.54) is 70.6 Å². The van der Waals surface area contributed by atoms with Crippen LogP contribution in [0.3, 0.4) is 0 Å². The molecule has 0 saturated carbocycles. The third kappa shape index (κ3) is 15.8. The number of nitrogens with two attached hydrogens (primary N) is 1. The summed E-state index contributed by atoms with van der Waals surface area (Å²) in [5.41, 5.74) is 5.63. The lowest BCUT2D eigenvalue weighted by Crippen LogP contribution is -2.51. The number of unbranched alkanes of at least 4 members (excludes halogenated alkanes) is 12. The molecule has 0 amide bonds. The number of hydrogen-bond donors (Lipinski definition) is 6. The van der Waals surface area contributed by atoms with Crippen LogP contribution in [0.2, 0.25) is 0 Å². The molecule has 0 aromatic rings. The molecule has 0 rings (SSSR count). The van der Waals surface area contributed by atoms with E-state index in [1.807, 2.05) is 0 Å². The minimum Gasteiger partial charge on any atom is -0.394 e. The second-order valence-electron chi connectivity index (χ2n) is 8.95. The van der Waals surface area contributed by atoms with Crippen LogP contribution < -0.4 is 5.73 Å². The molecule has 5 atom stereocenters. The first kappa shape index (κ1) is 30.4. The standard InChI is InChI=1S/C24H49NO6/c1-2-3-4-5-6-7-8-9-10-11-12-13-14-15-19(27)16-17-20(28)22(25)24(31)23(30)21(29)18-26/h19-23,26-30H,2-18,25H2,1H3/t19?,20?,21-,22+,23-/m1/s1. The zero-order valence-electron chi connectivity index (χ0n) is 19.6.